The lowest BCUT2D eigenvalue weighted by molar-refractivity contribution is 0.0783. The first-order valence-corrected chi connectivity index (χ1v) is 10.0. The van der Waals surface area contributed by atoms with Crippen molar-refractivity contribution in [1.82, 2.24) is 9.88 Å². The summed E-state index contributed by atoms with van der Waals surface area (Å²) in [5.41, 5.74) is 9.19. The molecule has 1 aliphatic heterocycles. The molecule has 0 saturated carbocycles. The average molecular weight is 440 g/mol. The number of halogens is 2. The Balaban J connectivity index is 1.53. The molecule has 0 unspecified atom stereocenters. The number of amides is 1. The summed E-state index contributed by atoms with van der Waals surface area (Å²) >= 11 is 6.02. The average Bonchev–Trinajstić information content (AvgIpc) is 3.21. The SMILES string of the molecule is N=N/C(=C\Nc1ccc(C(=O)N2CC[C@@H](F)C2)cc1)c1cc2cc(Cl)ccc2[nH]c1=O. The topological polar surface area (TPSA) is 101 Å². The van der Waals surface area contributed by atoms with Gasteiger partial charge in [0, 0.05) is 39.9 Å². The van der Waals surface area contributed by atoms with E-state index in [1.807, 2.05) is 0 Å². The van der Waals surface area contributed by atoms with Gasteiger partial charge in [-0.05, 0) is 55.0 Å². The molecule has 31 heavy (non-hydrogen) atoms. The monoisotopic (exact) mass is 439 g/mol. The van der Waals surface area contributed by atoms with Gasteiger partial charge in [-0.3, -0.25) is 9.59 Å². The number of carbonyl (C=O) groups excluding carboxylic acids is 1. The molecule has 4 rings (SSSR count). The molecule has 7 nitrogen and oxygen atoms in total. The second-order valence-corrected chi connectivity index (χ2v) is 7.68. The Kier molecular flexibility index (Phi) is 5.81. The van der Waals surface area contributed by atoms with Gasteiger partial charge < -0.3 is 15.2 Å². The van der Waals surface area contributed by atoms with Crippen molar-refractivity contribution in [2.24, 2.45) is 5.11 Å². The molecule has 0 radical (unpaired) electrons. The number of hydrogen-bond acceptors (Lipinski definition) is 5. The summed E-state index contributed by atoms with van der Waals surface area (Å²) in [5, 5.41) is 7.70. The number of rotatable bonds is 5. The number of nitrogens with zero attached hydrogens (tertiary/aromatic N) is 2. The fraction of sp³-hybridized carbons (Fsp3) is 0.182. The van der Waals surface area contributed by atoms with Crippen molar-refractivity contribution in [2.75, 3.05) is 18.4 Å². The molecule has 1 aromatic heterocycles. The summed E-state index contributed by atoms with van der Waals surface area (Å²) in [6, 6.07) is 13.4. The fourth-order valence-electron chi connectivity index (χ4n) is 3.48. The van der Waals surface area contributed by atoms with Crippen molar-refractivity contribution in [3.63, 3.8) is 0 Å². The number of pyridine rings is 1. The smallest absolute Gasteiger partial charge is 0.258 e. The maximum atomic E-state index is 13.3. The molecule has 9 heteroatoms. The van der Waals surface area contributed by atoms with Crippen molar-refractivity contribution in [3.05, 3.63) is 81.2 Å². The van der Waals surface area contributed by atoms with E-state index < -0.39 is 6.17 Å². The van der Waals surface area contributed by atoms with Crippen LogP contribution in [-0.4, -0.2) is 35.1 Å². The molecule has 1 saturated heterocycles. The Morgan fingerprint density at radius 3 is 2.71 bits per heavy atom. The first-order valence-electron chi connectivity index (χ1n) is 9.65. The minimum Gasteiger partial charge on any atom is -0.360 e. The largest absolute Gasteiger partial charge is 0.360 e. The number of carbonyl (C=O) groups is 1. The number of anilines is 1. The number of nitrogens with one attached hydrogen (secondary N) is 3. The normalized spacial score (nSPS) is 16.5. The van der Waals surface area contributed by atoms with Crippen LogP contribution in [0.1, 0.15) is 22.3 Å². The molecule has 1 aliphatic rings. The minimum atomic E-state index is -0.962. The molecular weight excluding hydrogens is 421 g/mol. The van der Waals surface area contributed by atoms with Crippen LogP contribution in [0.4, 0.5) is 10.1 Å². The minimum absolute atomic E-state index is 0.126. The molecule has 1 atom stereocenters. The van der Waals surface area contributed by atoms with Gasteiger partial charge in [-0.15, -0.1) is 0 Å². The summed E-state index contributed by atoms with van der Waals surface area (Å²) in [6.07, 6.45) is 0.852. The summed E-state index contributed by atoms with van der Waals surface area (Å²) < 4.78 is 13.3. The molecule has 158 valence electrons. The van der Waals surface area contributed by atoms with Gasteiger partial charge in [-0.1, -0.05) is 11.6 Å². The third-order valence-corrected chi connectivity index (χ3v) is 5.36. The van der Waals surface area contributed by atoms with E-state index in [0.717, 1.165) is 5.39 Å². The predicted octanol–water partition coefficient (Wildman–Crippen LogP) is 4.81. The number of H-pyrrole nitrogens is 1. The van der Waals surface area contributed by atoms with Crippen LogP contribution < -0.4 is 10.9 Å². The van der Waals surface area contributed by atoms with E-state index in [1.54, 1.807) is 48.5 Å². The van der Waals surface area contributed by atoms with Crippen LogP contribution in [-0.2, 0) is 0 Å². The molecule has 0 aliphatic carbocycles. The number of alkyl halides is 1. The van der Waals surface area contributed by atoms with E-state index in [4.69, 9.17) is 17.1 Å². The lowest BCUT2D eigenvalue weighted by atomic mass is 10.1. The fourth-order valence-corrected chi connectivity index (χ4v) is 3.66. The van der Waals surface area contributed by atoms with Gasteiger partial charge in [-0.25, -0.2) is 9.92 Å². The zero-order valence-corrected chi connectivity index (χ0v) is 17.1. The Morgan fingerprint density at radius 1 is 1.26 bits per heavy atom. The van der Waals surface area contributed by atoms with Gasteiger partial charge in [0.2, 0.25) is 0 Å². The molecule has 1 amide bonds. The predicted molar refractivity (Wildman–Crippen MR) is 118 cm³/mol. The third-order valence-electron chi connectivity index (χ3n) is 5.13. The molecule has 3 aromatic rings. The molecule has 2 aromatic carbocycles. The van der Waals surface area contributed by atoms with Crippen LogP contribution in [0, 0.1) is 5.53 Å². The second-order valence-electron chi connectivity index (χ2n) is 7.24. The standard InChI is InChI=1S/C22H19ClFN5O2/c23-15-3-6-19-14(9-15)10-18(21(30)27-19)20(28-25)11-26-17-4-1-13(2-5-17)22(31)29-8-7-16(24)12-29/h1-6,9-11,16,25-26H,7-8,12H2,(H,27,30)/b20-11-,28-25?/t16-/m1/s1. The summed E-state index contributed by atoms with van der Waals surface area (Å²) in [7, 11) is 0. The number of aromatic amines is 1. The van der Waals surface area contributed by atoms with Gasteiger partial charge >= 0.3 is 0 Å². The Bertz CT molecular complexity index is 1240. The molecule has 1 fully saturated rings. The van der Waals surface area contributed by atoms with Gasteiger partial charge in [0.05, 0.1) is 12.1 Å². The summed E-state index contributed by atoms with van der Waals surface area (Å²) in [4.78, 5) is 29.1. The zero-order chi connectivity index (χ0) is 22.0. The third kappa shape index (κ3) is 4.49. The van der Waals surface area contributed by atoms with Gasteiger partial charge in [0.25, 0.3) is 11.5 Å². The second kappa shape index (κ2) is 8.69. The number of hydrogen-bond donors (Lipinski definition) is 3. The van der Waals surface area contributed by atoms with Crippen molar-refractivity contribution >= 4 is 39.8 Å². The Hall–Kier alpha value is -3.52. The highest BCUT2D eigenvalue weighted by Gasteiger charge is 2.26. The molecule has 2 heterocycles. The van der Waals surface area contributed by atoms with E-state index in [-0.39, 0.29) is 29.3 Å². The van der Waals surface area contributed by atoms with Crippen LogP contribution >= 0.6 is 11.6 Å². The van der Waals surface area contributed by atoms with Crippen molar-refractivity contribution in [3.8, 4) is 0 Å². The molecule has 0 bridgehead atoms. The lowest BCUT2D eigenvalue weighted by Crippen LogP contribution is -2.28. The van der Waals surface area contributed by atoms with E-state index in [0.29, 0.717) is 34.8 Å². The van der Waals surface area contributed by atoms with Crippen LogP contribution in [0.25, 0.3) is 16.6 Å². The highest BCUT2D eigenvalue weighted by molar-refractivity contribution is 6.31. The van der Waals surface area contributed by atoms with Crippen molar-refractivity contribution < 1.29 is 9.18 Å². The summed E-state index contributed by atoms with van der Waals surface area (Å²) in [5.74, 6) is -0.203. The van der Waals surface area contributed by atoms with E-state index >= 15 is 0 Å². The molecular formula is C22H19ClFN5O2. The molecule has 0 spiro atoms. The van der Waals surface area contributed by atoms with Crippen LogP contribution in [0.3, 0.4) is 0 Å². The molecule has 3 N–H and O–H groups in total. The number of likely N-dealkylation sites (tertiary alicyclic amines) is 1. The zero-order valence-electron chi connectivity index (χ0n) is 16.4. The van der Waals surface area contributed by atoms with Crippen molar-refractivity contribution in [1.29, 1.82) is 5.53 Å². The maximum Gasteiger partial charge on any atom is 0.258 e. The number of benzene rings is 2. The first-order chi connectivity index (χ1) is 14.9. The van der Waals surface area contributed by atoms with E-state index in [2.05, 4.69) is 15.4 Å². The highest BCUT2D eigenvalue weighted by Crippen LogP contribution is 2.22. The Labute approximate surface area is 182 Å². The van der Waals surface area contributed by atoms with Gasteiger partial charge in [-0.2, -0.15) is 5.11 Å². The van der Waals surface area contributed by atoms with E-state index in [9.17, 15) is 14.0 Å². The lowest BCUT2D eigenvalue weighted by Gasteiger charge is -2.15. The van der Waals surface area contributed by atoms with Crippen LogP contribution in [0.2, 0.25) is 5.02 Å². The van der Waals surface area contributed by atoms with E-state index in [1.165, 1.54) is 11.1 Å². The maximum absolute atomic E-state index is 13.3. The summed E-state index contributed by atoms with van der Waals surface area (Å²) in [6.45, 7) is 0.546. The van der Waals surface area contributed by atoms with Crippen LogP contribution in [0.5, 0.6) is 0 Å². The van der Waals surface area contributed by atoms with Gasteiger partial charge in [0.1, 0.15) is 11.9 Å². The Morgan fingerprint density at radius 2 is 2.03 bits per heavy atom. The van der Waals surface area contributed by atoms with Crippen LogP contribution in [0.15, 0.2) is 64.6 Å². The first kappa shape index (κ1) is 20.7. The number of fused-ring (bicyclic) bond motifs is 1. The quantitative estimate of drug-likeness (QED) is 0.497. The highest BCUT2D eigenvalue weighted by atomic mass is 35.5. The van der Waals surface area contributed by atoms with Gasteiger partial charge in [0.15, 0.2) is 0 Å². The number of aromatic nitrogens is 1. The van der Waals surface area contributed by atoms with Crippen molar-refractivity contribution in [2.45, 2.75) is 12.6 Å².